The Morgan fingerprint density at radius 2 is 2.05 bits per heavy atom. The molecule has 1 N–H and O–H groups in total. The van der Waals surface area contributed by atoms with E-state index in [0.717, 1.165) is 35.3 Å². The molecular formula is C16H22BrNO. The summed E-state index contributed by atoms with van der Waals surface area (Å²) in [4.78, 5) is 0. The minimum Gasteiger partial charge on any atom is -0.459 e. The van der Waals surface area contributed by atoms with Gasteiger partial charge < -0.3 is 9.73 Å². The van der Waals surface area contributed by atoms with E-state index in [1.807, 2.05) is 0 Å². The van der Waals surface area contributed by atoms with Gasteiger partial charge in [-0.15, -0.1) is 0 Å². The summed E-state index contributed by atoms with van der Waals surface area (Å²) in [6.07, 6.45) is 0.994. The molecule has 19 heavy (non-hydrogen) atoms. The van der Waals surface area contributed by atoms with E-state index in [-0.39, 0.29) is 0 Å². The SMILES string of the molecule is CCc1c(CNCC(C)C)oc2c(C)ccc(Br)c12. The van der Waals surface area contributed by atoms with Crippen molar-refractivity contribution in [3.8, 4) is 0 Å². The summed E-state index contributed by atoms with van der Waals surface area (Å²) in [5.41, 5.74) is 3.54. The first-order chi connectivity index (χ1) is 9.04. The minimum absolute atomic E-state index is 0.655. The van der Waals surface area contributed by atoms with Crippen molar-refractivity contribution < 1.29 is 4.42 Å². The summed E-state index contributed by atoms with van der Waals surface area (Å²) in [6, 6.07) is 4.21. The van der Waals surface area contributed by atoms with Crippen molar-refractivity contribution in [2.45, 2.75) is 40.7 Å². The third-order valence-corrected chi connectivity index (χ3v) is 4.02. The van der Waals surface area contributed by atoms with E-state index in [1.54, 1.807) is 0 Å². The second-order valence-electron chi connectivity index (χ2n) is 5.45. The molecule has 0 saturated carbocycles. The highest BCUT2D eigenvalue weighted by Crippen LogP contribution is 2.34. The van der Waals surface area contributed by atoms with Gasteiger partial charge >= 0.3 is 0 Å². The molecule has 2 nitrogen and oxygen atoms in total. The van der Waals surface area contributed by atoms with Gasteiger partial charge in [-0.1, -0.05) is 42.8 Å². The van der Waals surface area contributed by atoms with Crippen LogP contribution in [0.3, 0.4) is 0 Å². The van der Waals surface area contributed by atoms with E-state index in [4.69, 9.17) is 4.42 Å². The normalized spacial score (nSPS) is 11.7. The van der Waals surface area contributed by atoms with Crippen molar-refractivity contribution in [3.63, 3.8) is 0 Å². The molecule has 0 radical (unpaired) electrons. The Hall–Kier alpha value is -0.800. The molecule has 2 rings (SSSR count). The van der Waals surface area contributed by atoms with Crippen LogP contribution in [0.1, 0.15) is 37.7 Å². The van der Waals surface area contributed by atoms with E-state index >= 15 is 0 Å². The van der Waals surface area contributed by atoms with Crippen LogP contribution >= 0.6 is 15.9 Å². The van der Waals surface area contributed by atoms with Crippen molar-refractivity contribution in [1.29, 1.82) is 0 Å². The number of rotatable bonds is 5. The molecule has 0 fully saturated rings. The molecule has 0 spiro atoms. The number of fused-ring (bicyclic) bond motifs is 1. The summed E-state index contributed by atoms with van der Waals surface area (Å²) in [5, 5.41) is 4.71. The molecule has 0 amide bonds. The van der Waals surface area contributed by atoms with Crippen LogP contribution in [0.5, 0.6) is 0 Å². The zero-order chi connectivity index (χ0) is 14.0. The molecule has 0 bridgehead atoms. The Morgan fingerprint density at radius 3 is 2.68 bits per heavy atom. The van der Waals surface area contributed by atoms with Gasteiger partial charge in [0.2, 0.25) is 0 Å². The first-order valence-electron chi connectivity index (χ1n) is 6.94. The fourth-order valence-electron chi connectivity index (χ4n) is 2.39. The molecule has 0 saturated heterocycles. The topological polar surface area (TPSA) is 25.2 Å². The predicted molar refractivity (Wildman–Crippen MR) is 84.6 cm³/mol. The molecule has 0 aliphatic rings. The summed E-state index contributed by atoms with van der Waals surface area (Å²) >= 11 is 3.65. The lowest BCUT2D eigenvalue weighted by Gasteiger charge is -2.06. The van der Waals surface area contributed by atoms with Crippen LogP contribution < -0.4 is 5.32 Å². The molecule has 104 valence electrons. The van der Waals surface area contributed by atoms with Crippen molar-refractivity contribution in [1.82, 2.24) is 5.32 Å². The quantitative estimate of drug-likeness (QED) is 0.854. The summed E-state index contributed by atoms with van der Waals surface area (Å²) in [5.74, 6) is 1.73. The van der Waals surface area contributed by atoms with Crippen LogP contribution in [0.2, 0.25) is 0 Å². The average molecular weight is 324 g/mol. The number of nitrogens with one attached hydrogen (secondary N) is 1. The molecule has 1 aromatic heterocycles. The molecule has 0 unspecified atom stereocenters. The van der Waals surface area contributed by atoms with Gasteiger partial charge in [-0.25, -0.2) is 0 Å². The van der Waals surface area contributed by atoms with Gasteiger partial charge in [0.15, 0.2) is 0 Å². The molecule has 2 aromatic rings. The smallest absolute Gasteiger partial charge is 0.138 e. The van der Waals surface area contributed by atoms with Crippen molar-refractivity contribution in [2.24, 2.45) is 5.92 Å². The van der Waals surface area contributed by atoms with Crippen molar-refractivity contribution in [2.75, 3.05) is 6.54 Å². The number of benzene rings is 1. The maximum atomic E-state index is 6.09. The number of hydrogen-bond donors (Lipinski definition) is 1. The molecule has 0 aliphatic carbocycles. The maximum absolute atomic E-state index is 6.09. The van der Waals surface area contributed by atoms with Gasteiger partial charge in [0, 0.05) is 15.4 Å². The third-order valence-electron chi connectivity index (χ3n) is 3.36. The van der Waals surface area contributed by atoms with Crippen LogP contribution in [-0.2, 0) is 13.0 Å². The average Bonchev–Trinajstić information content (AvgIpc) is 2.73. The van der Waals surface area contributed by atoms with Gasteiger partial charge in [0.05, 0.1) is 6.54 Å². The van der Waals surface area contributed by atoms with Crippen LogP contribution in [0, 0.1) is 12.8 Å². The Bertz CT molecular complexity index is 572. The second kappa shape index (κ2) is 6.10. The number of furan rings is 1. The standard InChI is InChI=1S/C16H22BrNO/c1-5-12-14(9-18-8-10(2)3)19-16-11(4)6-7-13(17)15(12)16/h6-7,10,18H,5,8-9H2,1-4H3. The van der Waals surface area contributed by atoms with Crippen molar-refractivity contribution >= 4 is 26.9 Å². The summed E-state index contributed by atoms with van der Waals surface area (Å²) in [6.45, 7) is 10.5. The fraction of sp³-hybridized carbons (Fsp3) is 0.500. The minimum atomic E-state index is 0.655. The molecule has 1 aromatic carbocycles. The second-order valence-corrected chi connectivity index (χ2v) is 6.30. The van der Waals surface area contributed by atoms with E-state index < -0.39 is 0 Å². The third kappa shape index (κ3) is 3.03. The zero-order valence-corrected chi connectivity index (χ0v) is 13.7. The highest BCUT2D eigenvalue weighted by atomic mass is 79.9. The lowest BCUT2D eigenvalue weighted by molar-refractivity contribution is 0.480. The van der Waals surface area contributed by atoms with E-state index in [2.05, 4.69) is 61.1 Å². The monoisotopic (exact) mass is 323 g/mol. The van der Waals surface area contributed by atoms with Crippen LogP contribution in [0.15, 0.2) is 21.0 Å². The first-order valence-corrected chi connectivity index (χ1v) is 7.74. The molecule has 0 atom stereocenters. The van der Waals surface area contributed by atoms with E-state index in [9.17, 15) is 0 Å². The van der Waals surface area contributed by atoms with Gasteiger partial charge in [-0.2, -0.15) is 0 Å². The molecule has 0 aliphatic heterocycles. The lowest BCUT2D eigenvalue weighted by atomic mass is 10.1. The highest BCUT2D eigenvalue weighted by molar-refractivity contribution is 9.10. The molecular weight excluding hydrogens is 302 g/mol. The van der Waals surface area contributed by atoms with Crippen molar-refractivity contribution in [3.05, 3.63) is 33.5 Å². The van der Waals surface area contributed by atoms with Gasteiger partial charge in [0.1, 0.15) is 11.3 Å². The van der Waals surface area contributed by atoms with Gasteiger partial charge in [-0.3, -0.25) is 0 Å². The predicted octanol–water partition coefficient (Wildman–Crippen LogP) is 4.81. The largest absolute Gasteiger partial charge is 0.459 e. The Labute approximate surface area is 123 Å². The Morgan fingerprint density at radius 1 is 1.32 bits per heavy atom. The highest BCUT2D eigenvalue weighted by Gasteiger charge is 2.16. The van der Waals surface area contributed by atoms with Crippen LogP contribution in [0.4, 0.5) is 0 Å². The van der Waals surface area contributed by atoms with Gasteiger partial charge in [-0.05, 0) is 37.4 Å². The fourth-order valence-corrected chi connectivity index (χ4v) is 2.94. The lowest BCUT2D eigenvalue weighted by Crippen LogP contribution is -2.19. The first kappa shape index (κ1) is 14.6. The Kier molecular flexibility index (Phi) is 4.69. The Balaban J connectivity index is 2.39. The number of halogens is 1. The van der Waals surface area contributed by atoms with E-state index in [0.29, 0.717) is 5.92 Å². The summed E-state index contributed by atoms with van der Waals surface area (Å²) < 4.78 is 7.22. The van der Waals surface area contributed by atoms with E-state index in [1.165, 1.54) is 16.5 Å². The number of aryl methyl sites for hydroxylation is 2. The maximum Gasteiger partial charge on any atom is 0.138 e. The molecule has 3 heteroatoms. The van der Waals surface area contributed by atoms with Gasteiger partial charge in [0.25, 0.3) is 0 Å². The molecule has 1 heterocycles. The zero-order valence-electron chi connectivity index (χ0n) is 12.1. The summed E-state index contributed by atoms with van der Waals surface area (Å²) in [7, 11) is 0. The van der Waals surface area contributed by atoms with Crippen LogP contribution in [0.25, 0.3) is 11.0 Å². The van der Waals surface area contributed by atoms with Crippen LogP contribution in [-0.4, -0.2) is 6.54 Å². The number of hydrogen-bond acceptors (Lipinski definition) is 2.